The first-order chi connectivity index (χ1) is 21.9. The number of phenols is 1. The second-order valence-electron chi connectivity index (χ2n) is 11.5. The molecule has 2 aliphatic rings. The smallest absolute Gasteiger partial charge is 0.263 e. The Kier molecular flexibility index (Phi) is 8.29. The van der Waals surface area contributed by atoms with Crippen LogP contribution in [0.15, 0.2) is 23.1 Å². The molecule has 5 heterocycles. The van der Waals surface area contributed by atoms with Crippen molar-refractivity contribution in [2.75, 3.05) is 44.0 Å². The fourth-order valence-corrected chi connectivity index (χ4v) is 6.64. The van der Waals surface area contributed by atoms with Crippen LogP contribution in [0.4, 0.5) is 15.9 Å². The van der Waals surface area contributed by atoms with Crippen LogP contribution in [-0.4, -0.2) is 80.8 Å². The molecule has 0 unspecified atom stereocenters. The Bertz CT molecular complexity index is 1980. The number of hydrogen-bond donors (Lipinski definition) is 3. The minimum absolute atomic E-state index is 0.0118. The topological polar surface area (TPSA) is 161 Å². The number of likely N-dealkylation sites (N-methyl/N-ethyl adjacent to an activating group) is 1. The Morgan fingerprint density at radius 3 is 2.63 bits per heavy atom. The molecule has 46 heavy (non-hydrogen) atoms. The Morgan fingerprint density at radius 2 is 1.93 bits per heavy atom. The highest BCUT2D eigenvalue weighted by Gasteiger charge is 2.29. The van der Waals surface area contributed by atoms with E-state index in [9.17, 15) is 23.9 Å². The number of fused-ring (bicyclic) bond motifs is 2. The van der Waals surface area contributed by atoms with E-state index in [0.717, 1.165) is 13.1 Å². The third-order valence-corrected chi connectivity index (χ3v) is 9.12. The summed E-state index contributed by atoms with van der Waals surface area (Å²) in [6.07, 6.45) is 2.79. The van der Waals surface area contributed by atoms with Gasteiger partial charge in [0.25, 0.3) is 11.5 Å². The number of rotatable bonds is 7. The molecule has 4 aromatic rings. The Labute approximate surface area is 272 Å². The number of piperazine rings is 1. The number of aromatic nitrogens is 4. The predicted octanol–water partition coefficient (Wildman–Crippen LogP) is 3.24. The number of amides is 2. The van der Waals surface area contributed by atoms with Gasteiger partial charge < -0.3 is 35.3 Å². The fourth-order valence-electron chi connectivity index (χ4n) is 6.21. The number of benzene rings is 1. The lowest BCUT2D eigenvalue weighted by atomic mass is 10.0. The number of anilines is 2. The third kappa shape index (κ3) is 5.39. The van der Waals surface area contributed by atoms with Crippen LogP contribution < -0.4 is 26.2 Å². The molecule has 0 spiro atoms. The van der Waals surface area contributed by atoms with Crippen LogP contribution in [0.1, 0.15) is 29.5 Å². The van der Waals surface area contributed by atoms with Gasteiger partial charge in [0.2, 0.25) is 11.9 Å². The van der Waals surface area contributed by atoms with E-state index in [4.69, 9.17) is 38.7 Å². The van der Waals surface area contributed by atoms with Gasteiger partial charge in [-0.3, -0.25) is 19.0 Å². The number of ether oxygens (including phenoxy) is 1. The van der Waals surface area contributed by atoms with Crippen molar-refractivity contribution in [1.29, 1.82) is 0 Å². The fraction of sp³-hybridized carbons (Fsp3) is 0.367. The standard InChI is InChI=1S/C30H31Cl2FN8O5/c1-14-11-38(2)7-8-40(14)20-10-18(23(31)27(33)36-20)35-21(42)13-39-12-17(22-29(39)37-19-5-4-6-41(19)30(22)45)15-9-16(28(34)44)25(43)24(32)26(15)46-3/h9-10,12,14,43H,4-8,11,13H2,1-3H3,(H2,34,44)(H,35,36,42)/t14-/m0/s1. The number of nitrogens with two attached hydrogens (primary N) is 1. The summed E-state index contributed by atoms with van der Waals surface area (Å²) in [6.45, 7) is 4.25. The molecule has 0 aliphatic carbocycles. The van der Waals surface area contributed by atoms with Crippen molar-refractivity contribution < 1.29 is 23.8 Å². The molecule has 2 aliphatic heterocycles. The lowest BCUT2D eigenvalue weighted by molar-refractivity contribution is -0.116. The van der Waals surface area contributed by atoms with E-state index in [1.165, 1.54) is 30.0 Å². The van der Waals surface area contributed by atoms with Crippen molar-refractivity contribution in [3.63, 3.8) is 0 Å². The van der Waals surface area contributed by atoms with Crippen molar-refractivity contribution >= 4 is 57.6 Å². The van der Waals surface area contributed by atoms with Crippen LogP contribution in [0.5, 0.6) is 11.5 Å². The van der Waals surface area contributed by atoms with E-state index in [0.29, 0.717) is 37.6 Å². The zero-order valence-electron chi connectivity index (χ0n) is 25.2. The first-order valence-electron chi connectivity index (χ1n) is 14.5. The molecule has 4 N–H and O–H groups in total. The highest BCUT2D eigenvalue weighted by molar-refractivity contribution is 6.35. The average Bonchev–Trinajstić information content (AvgIpc) is 3.62. The molecule has 3 aromatic heterocycles. The van der Waals surface area contributed by atoms with E-state index >= 15 is 0 Å². The molecule has 0 bridgehead atoms. The first kappa shape index (κ1) is 31.6. The summed E-state index contributed by atoms with van der Waals surface area (Å²) in [4.78, 5) is 52.3. The number of halogens is 3. The SMILES string of the molecule is COc1c(-c2cn(CC(=O)Nc3cc(N4CCN(C)C[C@@H]4C)nc(F)c3Cl)c3nc4n(c(=O)c23)CCC4)cc(C(N)=O)c(O)c1Cl. The van der Waals surface area contributed by atoms with Gasteiger partial charge in [-0.1, -0.05) is 23.2 Å². The molecule has 6 rings (SSSR count). The van der Waals surface area contributed by atoms with Gasteiger partial charge in [-0.2, -0.15) is 4.39 Å². The summed E-state index contributed by atoms with van der Waals surface area (Å²) >= 11 is 12.6. The van der Waals surface area contributed by atoms with Crippen molar-refractivity contribution in [2.45, 2.75) is 38.9 Å². The largest absolute Gasteiger partial charge is 0.505 e. The van der Waals surface area contributed by atoms with Crippen LogP contribution in [-0.2, 0) is 24.3 Å². The quantitative estimate of drug-likeness (QED) is 0.250. The molecule has 0 radical (unpaired) electrons. The van der Waals surface area contributed by atoms with Gasteiger partial charge in [-0.15, -0.1) is 0 Å². The number of carbonyl (C=O) groups excluding carboxylic acids is 2. The summed E-state index contributed by atoms with van der Waals surface area (Å²) < 4.78 is 23.4. The highest BCUT2D eigenvalue weighted by Crippen LogP contribution is 2.45. The Morgan fingerprint density at radius 1 is 1.17 bits per heavy atom. The number of nitrogens with one attached hydrogen (secondary N) is 1. The number of aryl methyl sites for hydroxylation is 1. The molecule has 1 saturated heterocycles. The predicted molar refractivity (Wildman–Crippen MR) is 172 cm³/mol. The van der Waals surface area contributed by atoms with Crippen molar-refractivity contribution in [3.05, 3.63) is 56.1 Å². The van der Waals surface area contributed by atoms with Crippen LogP contribution in [0.25, 0.3) is 22.2 Å². The molecule has 1 aromatic carbocycles. The molecule has 0 saturated carbocycles. The summed E-state index contributed by atoms with van der Waals surface area (Å²) in [5, 5.41) is 12.7. The maximum Gasteiger partial charge on any atom is 0.263 e. The number of pyridine rings is 1. The van der Waals surface area contributed by atoms with E-state index < -0.39 is 23.5 Å². The number of carbonyl (C=O) groups is 2. The Hall–Kier alpha value is -4.40. The monoisotopic (exact) mass is 672 g/mol. The van der Waals surface area contributed by atoms with Crippen LogP contribution >= 0.6 is 23.2 Å². The van der Waals surface area contributed by atoms with Crippen molar-refractivity contribution in [2.24, 2.45) is 5.73 Å². The minimum Gasteiger partial charge on any atom is -0.505 e. The highest BCUT2D eigenvalue weighted by atomic mass is 35.5. The van der Waals surface area contributed by atoms with E-state index in [-0.39, 0.29) is 67.4 Å². The molecule has 2 amide bonds. The van der Waals surface area contributed by atoms with Gasteiger partial charge in [0.15, 0.2) is 5.75 Å². The second kappa shape index (κ2) is 12.1. The average molecular weight is 674 g/mol. The van der Waals surface area contributed by atoms with Gasteiger partial charge in [-0.05, 0) is 26.5 Å². The Balaban J connectivity index is 1.42. The van der Waals surface area contributed by atoms with Crippen LogP contribution in [0.2, 0.25) is 10.0 Å². The maximum absolute atomic E-state index is 14.9. The van der Waals surface area contributed by atoms with E-state index in [1.807, 2.05) is 18.9 Å². The van der Waals surface area contributed by atoms with Crippen molar-refractivity contribution in [1.82, 2.24) is 24.0 Å². The van der Waals surface area contributed by atoms with Crippen molar-refractivity contribution in [3.8, 4) is 22.6 Å². The molecule has 13 nitrogen and oxygen atoms in total. The minimum atomic E-state index is -0.950. The molecule has 1 fully saturated rings. The van der Waals surface area contributed by atoms with Gasteiger partial charge in [0, 0.05) is 62.0 Å². The number of hydrogen-bond acceptors (Lipinski definition) is 9. The summed E-state index contributed by atoms with van der Waals surface area (Å²) in [7, 11) is 3.32. The normalized spacial score (nSPS) is 16.6. The maximum atomic E-state index is 14.9. The summed E-state index contributed by atoms with van der Waals surface area (Å²) in [6, 6.07) is 2.86. The number of nitrogens with zero attached hydrogens (tertiary/aromatic N) is 6. The van der Waals surface area contributed by atoms with Gasteiger partial charge in [-0.25, -0.2) is 9.97 Å². The number of aromatic hydroxyl groups is 1. The second-order valence-corrected chi connectivity index (χ2v) is 12.2. The number of methoxy groups -OCH3 is 1. The summed E-state index contributed by atoms with van der Waals surface area (Å²) in [5.41, 5.74) is 5.54. The van der Waals surface area contributed by atoms with E-state index in [2.05, 4.69) is 15.2 Å². The third-order valence-electron chi connectivity index (χ3n) is 8.41. The molecular weight excluding hydrogens is 642 g/mol. The zero-order valence-corrected chi connectivity index (χ0v) is 26.7. The lowest BCUT2D eigenvalue weighted by Crippen LogP contribution is -2.50. The van der Waals surface area contributed by atoms with Gasteiger partial charge >= 0.3 is 0 Å². The summed E-state index contributed by atoms with van der Waals surface area (Å²) in [5.74, 6) is -2.12. The molecule has 242 valence electrons. The van der Waals surface area contributed by atoms with Gasteiger partial charge in [0.1, 0.15) is 39.6 Å². The molecular formula is C30H31Cl2FN8O5. The molecule has 16 heteroatoms. The van der Waals surface area contributed by atoms with Crippen LogP contribution in [0, 0.1) is 5.95 Å². The van der Waals surface area contributed by atoms with Gasteiger partial charge in [0.05, 0.1) is 23.7 Å². The number of primary amides is 1. The zero-order chi connectivity index (χ0) is 33.0. The van der Waals surface area contributed by atoms with Crippen LogP contribution in [0.3, 0.4) is 0 Å². The van der Waals surface area contributed by atoms with E-state index in [1.54, 1.807) is 4.57 Å². The molecule has 1 atom stereocenters. The first-order valence-corrected chi connectivity index (χ1v) is 15.3. The lowest BCUT2D eigenvalue weighted by Gasteiger charge is -2.39.